The summed E-state index contributed by atoms with van der Waals surface area (Å²) in [6.07, 6.45) is 0.195. The number of nitrogens with one attached hydrogen (secondary N) is 1. The fourth-order valence-electron chi connectivity index (χ4n) is 2.58. The number of aliphatic carboxylic acids is 1. The molecule has 176 valence electrons. The summed E-state index contributed by atoms with van der Waals surface area (Å²) in [5, 5.41) is 10.6. The lowest BCUT2D eigenvalue weighted by Gasteiger charge is -2.16. The third-order valence-corrected chi connectivity index (χ3v) is 4.15. The summed E-state index contributed by atoms with van der Waals surface area (Å²) in [4.78, 5) is 55.5. The highest BCUT2D eigenvalue weighted by Crippen LogP contribution is 2.33. The van der Waals surface area contributed by atoms with E-state index in [1.807, 2.05) is 30.3 Å². The van der Waals surface area contributed by atoms with Crippen molar-refractivity contribution in [2.75, 3.05) is 13.2 Å². The Hall–Kier alpha value is -3.43. The van der Waals surface area contributed by atoms with Crippen LogP contribution in [0.3, 0.4) is 0 Å². The number of carbonyl (C=O) groups is 5. The largest absolute Gasteiger partial charge is 0.481 e. The van der Waals surface area contributed by atoms with Crippen LogP contribution >= 0.6 is 0 Å². The molecular weight excluding hydrogens is 422 g/mol. The van der Waals surface area contributed by atoms with E-state index < -0.39 is 36.5 Å². The van der Waals surface area contributed by atoms with Crippen molar-refractivity contribution in [3.05, 3.63) is 35.9 Å². The zero-order valence-electron chi connectivity index (χ0n) is 18.2. The van der Waals surface area contributed by atoms with Crippen molar-refractivity contribution in [1.82, 2.24) is 5.32 Å². The van der Waals surface area contributed by atoms with Crippen LogP contribution in [0.1, 0.15) is 45.1 Å². The smallest absolute Gasteiger partial charge is 0.408 e. The summed E-state index contributed by atoms with van der Waals surface area (Å²) in [6.45, 7) is 3.90. The average molecular weight is 451 g/mol. The fourth-order valence-corrected chi connectivity index (χ4v) is 2.58. The van der Waals surface area contributed by atoms with Gasteiger partial charge in [0.25, 0.3) is 0 Å². The maximum Gasteiger partial charge on any atom is 0.408 e. The minimum Gasteiger partial charge on any atom is -0.481 e. The summed E-state index contributed by atoms with van der Waals surface area (Å²) in [7, 11) is 0. The van der Waals surface area contributed by atoms with Crippen LogP contribution in [0.15, 0.2) is 30.3 Å². The van der Waals surface area contributed by atoms with Crippen LogP contribution in [0.2, 0.25) is 0 Å². The first kappa shape index (κ1) is 26.6. The number of ether oxygens (including phenoxy) is 3. The molecule has 1 aliphatic carbocycles. The number of carboxylic acids is 1. The highest BCUT2D eigenvalue weighted by Gasteiger charge is 2.38. The Bertz CT molecular complexity index is 775. The Morgan fingerprint density at radius 3 is 2.00 bits per heavy atom. The van der Waals surface area contributed by atoms with E-state index in [4.69, 9.17) is 14.6 Å². The topological polar surface area (TPSA) is 145 Å². The van der Waals surface area contributed by atoms with Crippen LogP contribution in [0.25, 0.3) is 0 Å². The number of benzene rings is 1. The maximum atomic E-state index is 12.1. The van der Waals surface area contributed by atoms with Crippen LogP contribution in [0.4, 0.5) is 4.79 Å². The first-order chi connectivity index (χ1) is 15.3. The van der Waals surface area contributed by atoms with E-state index in [0.29, 0.717) is 0 Å². The number of amides is 1. The molecule has 2 rings (SSSR count). The van der Waals surface area contributed by atoms with Crippen LogP contribution in [-0.4, -0.2) is 54.1 Å². The Kier molecular flexibility index (Phi) is 12.1. The second kappa shape index (κ2) is 14.6. The van der Waals surface area contributed by atoms with Gasteiger partial charge in [-0.1, -0.05) is 30.3 Å². The van der Waals surface area contributed by atoms with E-state index >= 15 is 0 Å². The molecule has 0 saturated heterocycles. The SMILES string of the molecule is CCOC(=O)CC(=O)O.CCOC(=O)CC(=O)[C@@H](NC(=O)OCc1ccccc1)C1CC1. The van der Waals surface area contributed by atoms with Gasteiger partial charge in [-0.3, -0.25) is 19.2 Å². The van der Waals surface area contributed by atoms with Crippen molar-refractivity contribution in [2.45, 2.75) is 52.2 Å². The minimum atomic E-state index is -1.16. The van der Waals surface area contributed by atoms with Gasteiger partial charge < -0.3 is 24.6 Å². The summed E-state index contributed by atoms with van der Waals surface area (Å²) in [5.41, 5.74) is 0.864. The number of hydrogen-bond donors (Lipinski definition) is 2. The summed E-state index contributed by atoms with van der Waals surface area (Å²) in [5.74, 6) is -2.66. The zero-order chi connectivity index (χ0) is 23.9. The second-order valence-electron chi connectivity index (χ2n) is 6.84. The van der Waals surface area contributed by atoms with E-state index in [1.165, 1.54) is 0 Å². The molecule has 0 heterocycles. The quantitative estimate of drug-likeness (QED) is 0.294. The Balaban J connectivity index is 0.000000482. The molecular formula is C22H29NO9. The molecule has 32 heavy (non-hydrogen) atoms. The molecule has 1 aliphatic rings. The van der Waals surface area contributed by atoms with Crippen molar-refractivity contribution in [1.29, 1.82) is 0 Å². The lowest BCUT2D eigenvalue weighted by atomic mass is 10.1. The number of alkyl carbamates (subject to hydrolysis) is 1. The third kappa shape index (κ3) is 11.7. The molecule has 0 unspecified atom stereocenters. The molecule has 0 aromatic heterocycles. The molecule has 0 bridgehead atoms. The van der Waals surface area contributed by atoms with Gasteiger partial charge in [-0.15, -0.1) is 0 Å². The molecule has 10 heteroatoms. The van der Waals surface area contributed by atoms with Crippen molar-refractivity contribution in [3.8, 4) is 0 Å². The summed E-state index contributed by atoms with van der Waals surface area (Å²) in [6, 6.07) is 8.59. The maximum absolute atomic E-state index is 12.1. The second-order valence-corrected chi connectivity index (χ2v) is 6.84. The molecule has 0 radical (unpaired) electrons. The fraction of sp³-hybridized carbons (Fsp3) is 0.500. The van der Waals surface area contributed by atoms with Crippen molar-refractivity contribution >= 4 is 29.8 Å². The molecule has 2 N–H and O–H groups in total. The molecule has 1 aromatic carbocycles. The monoisotopic (exact) mass is 451 g/mol. The first-order valence-corrected chi connectivity index (χ1v) is 10.3. The third-order valence-electron chi connectivity index (χ3n) is 4.15. The zero-order valence-corrected chi connectivity index (χ0v) is 18.2. The highest BCUT2D eigenvalue weighted by molar-refractivity contribution is 6.00. The highest BCUT2D eigenvalue weighted by atomic mass is 16.5. The predicted octanol–water partition coefficient (Wildman–Crippen LogP) is 2.24. The summed E-state index contributed by atoms with van der Waals surface area (Å²) < 4.78 is 14.2. The van der Waals surface area contributed by atoms with Crippen LogP contribution < -0.4 is 5.32 Å². The average Bonchev–Trinajstić information content (AvgIpc) is 3.56. The van der Waals surface area contributed by atoms with Crippen molar-refractivity contribution in [3.63, 3.8) is 0 Å². The van der Waals surface area contributed by atoms with Crippen molar-refractivity contribution < 1.29 is 43.3 Å². The number of esters is 2. The Labute approximate surface area is 186 Å². The molecule has 1 amide bonds. The number of ketones is 1. The van der Waals surface area contributed by atoms with Crippen LogP contribution in [-0.2, 0) is 40.0 Å². The molecule has 0 aliphatic heterocycles. The number of hydrogen-bond acceptors (Lipinski definition) is 8. The van der Waals surface area contributed by atoms with Gasteiger partial charge in [0.1, 0.15) is 19.4 Å². The normalized spacial score (nSPS) is 12.9. The molecule has 1 aromatic rings. The van der Waals surface area contributed by atoms with Crippen LogP contribution in [0.5, 0.6) is 0 Å². The van der Waals surface area contributed by atoms with Gasteiger partial charge in [0.15, 0.2) is 5.78 Å². The minimum absolute atomic E-state index is 0.0844. The van der Waals surface area contributed by atoms with Gasteiger partial charge >= 0.3 is 24.0 Å². The molecule has 1 fully saturated rings. The van der Waals surface area contributed by atoms with E-state index in [0.717, 1.165) is 18.4 Å². The summed E-state index contributed by atoms with van der Waals surface area (Å²) >= 11 is 0. The number of carbonyl (C=O) groups excluding carboxylic acids is 4. The first-order valence-electron chi connectivity index (χ1n) is 10.3. The van der Waals surface area contributed by atoms with Gasteiger partial charge in [0.2, 0.25) is 0 Å². The van der Waals surface area contributed by atoms with Gasteiger partial charge in [0, 0.05) is 0 Å². The number of carboxylic acid groups (broad SMARTS) is 1. The lowest BCUT2D eigenvalue weighted by Crippen LogP contribution is -2.43. The predicted molar refractivity (Wildman–Crippen MR) is 111 cm³/mol. The van der Waals surface area contributed by atoms with Crippen LogP contribution in [0, 0.1) is 5.92 Å². The van der Waals surface area contributed by atoms with Gasteiger partial charge in [-0.2, -0.15) is 0 Å². The van der Waals surface area contributed by atoms with E-state index in [2.05, 4.69) is 10.1 Å². The molecule has 1 atom stereocenters. The standard InChI is InChI=1S/C17H21NO5.C5H8O4/c1-2-22-15(20)10-14(19)16(13-8-9-13)18-17(21)23-11-12-6-4-3-5-7-12;1-2-9-5(8)3-4(6)7/h3-7,13,16H,2,8-11H2,1H3,(H,18,21);2-3H2,1H3,(H,6,7)/t16-;/m0./s1. The molecule has 0 spiro atoms. The number of rotatable bonds is 11. The van der Waals surface area contributed by atoms with E-state index in [1.54, 1.807) is 13.8 Å². The van der Waals surface area contributed by atoms with E-state index in [-0.39, 0.29) is 37.9 Å². The van der Waals surface area contributed by atoms with Gasteiger partial charge in [-0.25, -0.2) is 4.79 Å². The van der Waals surface area contributed by atoms with E-state index in [9.17, 15) is 24.0 Å². The van der Waals surface area contributed by atoms with Crippen molar-refractivity contribution in [2.24, 2.45) is 5.92 Å². The molecule has 1 saturated carbocycles. The van der Waals surface area contributed by atoms with Gasteiger partial charge in [0.05, 0.1) is 19.3 Å². The van der Waals surface area contributed by atoms with Gasteiger partial charge in [-0.05, 0) is 38.2 Å². The lowest BCUT2D eigenvalue weighted by molar-refractivity contribution is -0.151. The Morgan fingerprint density at radius 2 is 1.50 bits per heavy atom. The number of Topliss-reactive ketones (excluding diaryl/α,β-unsaturated/α-hetero) is 1. The Morgan fingerprint density at radius 1 is 0.938 bits per heavy atom. The molecule has 10 nitrogen and oxygen atoms in total.